The Bertz CT molecular complexity index is 310. The van der Waals surface area contributed by atoms with Crippen LogP contribution in [0.2, 0.25) is 0 Å². The Morgan fingerprint density at radius 1 is 1.20 bits per heavy atom. The Balaban J connectivity index is 1.92. The maximum absolute atomic E-state index is 9.13. The van der Waals surface area contributed by atoms with Gasteiger partial charge in [-0.05, 0) is 23.6 Å². The van der Waals surface area contributed by atoms with Crippen molar-refractivity contribution in [3.05, 3.63) is 29.8 Å². The molecular formula is C13H18O2. The van der Waals surface area contributed by atoms with E-state index in [-0.39, 0.29) is 12.2 Å². The molecule has 1 aromatic carbocycles. The van der Waals surface area contributed by atoms with Crippen molar-refractivity contribution in [2.45, 2.75) is 44.8 Å². The van der Waals surface area contributed by atoms with E-state index in [0.717, 1.165) is 18.6 Å². The van der Waals surface area contributed by atoms with Gasteiger partial charge < -0.3 is 9.84 Å². The van der Waals surface area contributed by atoms with Crippen molar-refractivity contribution in [2.75, 3.05) is 0 Å². The molecule has 0 amide bonds. The topological polar surface area (TPSA) is 29.5 Å². The van der Waals surface area contributed by atoms with E-state index in [1.165, 1.54) is 5.56 Å². The predicted molar refractivity (Wildman–Crippen MR) is 60.2 cm³/mol. The van der Waals surface area contributed by atoms with Crippen LogP contribution in [0.4, 0.5) is 0 Å². The maximum atomic E-state index is 9.13. The number of aliphatic hydroxyl groups excluding tert-OH is 1. The van der Waals surface area contributed by atoms with Gasteiger partial charge in [0.05, 0.1) is 6.10 Å². The normalized spacial score (nSPS) is 25.1. The third-order valence-corrected chi connectivity index (χ3v) is 2.92. The first-order chi connectivity index (χ1) is 7.15. The summed E-state index contributed by atoms with van der Waals surface area (Å²) < 4.78 is 5.70. The molecule has 2 rings (SSSR count). The molecule has 2 nitrogen and oxygen atoms in total. The van der Waals surface area contributed by atoms with Gasteiger partial charge in [-0.15, -0.1) is 0 Å². The van der Waals surface area contributed by atoms with Crippen LogP contribution in [0, 0.1) is 0 Å². The van der Waals surface area contributed by atoms with E-state index in [0.29, 0.717) is 5.92 Å². The van der Waals surface area contributed by atoms with Crippen molar-refractivity contribution in [1.29, 1.82) is 0 Å². The molecule has 2 heteroatoms. The van der Waals surface area contributed by atoms with Gasteiger partial charge in [-0.25, -0.2) is 0 Å². The third kappa shape index (κ3) is 2.51. The summed E-state index contributed by atoms with van der Waals surface area (Å²) in [6.45, 7) is 4.36. The highest BCUT2D eigenvalue weighted by molar-refractivity contribution is 5.29. The van der Waals surface area contributed by atoms with Gasteiger partial charge in [-0.2, -0.15) is 0 Å². The van der Waals surface area contributed by atoms with Gasteiger partial charge in [0.2, 0.25) is 0 Å². The molecule has 0 aliphatic heterocycles. The van der Waals surface area contributed by atoms with Gasteiger partial charge in [0.15, 0.2) is 0 Å². The van der Waals surface area contributed by atoms with Crippen molar-refractivity contribution in [1.82, 2.24) is 0 Å². The standard InChI is InChI=1S/C13H18O2/c1-9(2)10-3-5-12(6-4-10)15-13-7-11(14)8-13/h3-6,9,11,13-14H,7-8H2,1-2H3. The maximum Gasteiger partial charge on any atom is 0.119 e. The van der Waals surface area contributed by atoms with Crippen LogP contribution in [0.3, 0.4) is 0 Å². The summed E-state index contributed by atoms with van der Waals surface area (Å²) in [5, 5.41) is 9.13. The highest BCUT2D eigenvalue weighted by Crippen LogP contribution is 2.26. The van der Waals surface area contributed by atoms with Gasteiger partial charge in [0.1, 0.15) is 11.9 Å². The molecule has 0 unspecified atom stereocenters. The zero-order valence-corrected chi connectivity index (χ0v) is 9.31. The lowest BCUT2D eigenvalue weighted by Gasteiger charge is -2.31. The van der Waals surface area contributed by atoms with Crippen LogP contribution < -0.4 is 4.74 Å². The average molecular weight is 206 g/mol. The van der Waals surface area contributed by atoms with E-state index >= 15 is 0 Å². The highest BCUT2D eigenvalue weighted by Gasteiger charge is 2.28. The Morgan fingerprint density at radius 2 is 1.80 bits per heavy atom. The van der Waals surface area contributed by atoms with E-state index in [1.807, 2.05) is 12.1 Å². The first kappa shape index (κ1) is 10.5. The lowest BCUT2D eigenvalue weighted by Crippen LogP contribution is -2.37. The molecule has 15 heavy (non-hydrogen) atoms. The van der Waals surface area contributed by atoms with Crippen molar-refractivity contribution in [2.24, 2.45) is 0 Å². The van der Waals surface area contributed by atoms with E-state index in [9.17, 15) is 0 Å². The summed E-state index contributed by atoms with van der Waals surface area (Å²) >= 11 is 0. The number of hydrogen-bond donors (Lipinski definition) is 1. The first-order valence-electron chi connectivity index (χ1n) is 5.60. The Morgan fingerprint density at radius 3 is 2.27 bits per heavy atom. The van der Waals surface area contributed by atoms with Gasteiger partial charge in [-0.1, -0.05) is 26.0 Å². The Kier molecular flexibility index (Phi) is 2.96. The molecule has 0 atom stereocenters. The highest BCUT2D eigenvalue weighted by atomic mass is 16.5. The Labute approximate surface area is 90.9 Å². The van der Waals surface area contributed by atoms with E-state index in [2.05, 4.69) is 26.0 Å². The summed E-state index contributed by atoms with van der Waals surface area (Å²) in [5.41, 5.74) is 1.33. The quantitative estimate of drug-likeness (QED) is 0.824. The average Bonchev–Trinajstić information content (AvgIpc) is 2.16. The summed E-state index contributed by atoms with van der Waals surface area (Å²) in [5.74, 6) is 1.47. The smallest absolute Gasteiger partial charge is 0.119 e. The van der Waals surface area contributed by atoms with Gasteiger partial charge >= 0.3 is 0 Å². The zero-order valence-electron chi connectivity index (χ0n) is 9.31. The molecule has 0 bridgehead atoms. The van der Waals surface area contributed by atoms with Gasteiger partial charge in [-0.3, -0.25) is 0 Å². The van der Waals surface area contributed by atoms with Gasteiger partial charge in [0, 0.05) is 12.8 Å². The van der Waals surface area contributed by atoms with Crippen LogP contribution in [0.5, 0.6) is 5.75 Å². The minimum Gasteiger partial charge on any atom is -0.490 e. The fourth-order valence-electron chi connectivity index (χ4n) is 1.76. The first-order valence-corrected chi connectivity index (χ1v) is 5.60. The predicted octanol–water partition coefficient (Wildman–Crippen LogP) is 2.71. The SMILES string of the molecule is CC(C)c1ccc(OC2CC(O)C2)cc1. The van der Waals surface area contributed by atoms with Crippen LogP contribution >= 0.6 is 0 Å². The molecule has 1 aliphatic rings. The van der Waals surface area contributed by atoms with Crippen LogP contribution in [-0.4, -0.2) is 17.3 Å². The largest absolute Gasteiger partial charge is 0.490 e. The third-order valence-electron chi connectivity index (χ3n) is 2.92. The molecule has 82 valence electrons. The van der Waals surface area contributed by atoms with Crippen molar-refractivity contribution in [3.63, 3.8) is 0 Å². The molecule has 0 saturated heterocycles. The molecule has 1 fully saturated rings. The Hall–Kier alpha value is -1.02. The van der Waals surface area contributed by atoms with Gasteiger partial charge in [0.25, 0.3) is 0 Å². The molecule has 0 aromatic heterocycles. The second-order valence-electron chi connectivity index (χ2n) is 4.59. The fraction of sp³-hybridized carbons (Fsp3) is 0.538. The minimum absolute atomic E-state index is 0.148. The fourth-order valence-corrected chi connectivity index (χ4v) is 1.76. The van der Waals surface area contributed by atoms with Crippen LogP contribution in [0.25, 0.3) is 0 Å². The molecular weight excluding hydrogens is 188 g/mol. The number of ether oxygens (including phenoxy) is 1. The van der Waals surface area contributed by atoms with E-state index in [1.54, 1.807) is 0 Å². The second-order valence-corrected chi connectivity index (χ2v) is 4.59. The molecule has 1 N–H and O–H groups in total. The second kappa shape index (κ2) is 4.23. The molecule has 1 saturated carbocycles. The number of rotatable bonds is 3. The molecule has 1 aromatic rings. The van der Waals surface area contributed by atoms with Crippen molar-refractivity contribution in [3.8, 4) is 5.75 Å². The minimum atomic E-state index is -0.148. The lowest BCUT2D eigenvalue weighted by atomic mass is 9.92. The lowest BCUT2D eigenvalue weighted by molar-refractivity contribution is -0.0107. The van der Waals surface area contributed by atoms with Crippen molar-refractivity contribution < 1.29 is 9.84 Å². The molecule has 1 aliphatic carbocycles. The summed E-state index contributed by atoms with van der Waals surface area (Å²) in [7, 11) is 0. The zero-order chi connectivity index (χ0) is 10.8. The monoisotopic (exact) mass is 206 g/mol. The number of aliphatic hydroxyl groups is 1. The van der Waals surface area contributed by atoms with Crippen LogP contribution in [0.15, 0.2) is 24.3 Å². The van der Waals surface area contributed by atoms with Crippen LogP contribution in [0.1, 0.15) is 38.2 Å². The summed E-state index contributed by atoms with van der Waals surface area (Å²) in [6, 6.07) is 8.24. The number of hydrogen-bond acceptors (Lipinski definition) is 2. The molecule has 0 spiro atoms. The number of benzene rings is 1. The summed E-state index contributed by atoms with van der Waals surface area (Å²) in [4.78, 5) is 0. The van der Waals surface area contributed by atoms with E-state index < -0.39 is 0 Å². The van der Waals surface area contributed by atoms with E-state index in [4.69, 9.17) is 9.84 Å². The van der Waals surface area contributed by atoms with Crippen LogP contribution in [-0.2, 0) is 0 Å². The summed E-state index contributed by atoms with van der Waals surface area (Å²) in [6.07, 6.45) is 1.60. The van der Waals surface area contributed by atoms with Crippen molar-refractivity contribution >= 4 is 0 Å². The molecule has 0 heterocycles. The molecule has 0 radical (unpaired) electrons.